The predicted octanol–water partition coefficient (Wildman–Crippen LogP) is 4.17. The summed E-state index contributed by atoms with van der Waals surface area (Å²) in [5.74, 6) is 0.484. The average Bonchev–Trinajstić information content (AvgIpc) is 3.33. The van der Waals surface area contributed by atoms with Crippen LogP contribution in [-0.4, -0.2) is 38.2 Å². The molecule has 1 aromatic carbocycles. The number of benzene rings is 1. The number of para-hydroxylation sites is 1. The number of hydrogen-bond acceptors (Lipinski definition) is 5. The highest BCUT2D eigenvalue weighted by Gasteiger charge is 2.24. The number of ether oxygens (including phenoxy) is 1. The summed E-state index contributed by atoms with van der Waals surface area (Å²) in [6, 6.07) is 7.92. The molecule has 0 bridgehead atoms. The summed E-state index contributed by atoms with van der Waals surface area (Å²) in [6.07, 6.45) is 8.52. The Bertz CT molecular complexity index is 888. The fourth-order valence-corrected chi connectivity index (χ4v) is 3.54. The first-order chi connectivity index (χ1) is 13.8. The maximum absolute atomic E-state index is 13.0. The van der Waals surface area contributed by atoms with Gasteiger partial charge in [0.25, 0.3) is 5.91 Å². The molecule has 0 atom stereocenters. The molecule has 0 radical (unpaired) electrons. The zero-order valence-corrected chi connectivity index (χ0v) is 16.6. The Balaban J connectivity index is 1.79. The fraction of sp³-hybridized carbons (Fsp3) is 0.500. The molecule has 8 heteroatoms. The predicted molar refractivity (Wildman–Crippen MR) is 109 cm³/mol. The largest absolute Gasteiger partial charge is 0.494 e. The third kappa shape index (κ3) is 4.49. The second-order valence-electron chi connectivity index (χ2n) is 6.88. The highest BCUT2D eigenvalue weighted by Crippen LogP contribution is 2.34. The maximum Gasteiger partial charge on any atom is 0.278 e. The van der Waals surface area contributed by atoms with Crippen LogP contribution in [0.25, 0.3) is 10.9 Å². The average molecular weight is 384 g/mol. The van der Waals surface area contributed by atoms with Crippen LogP contribution in [0.5, 0.6) is 5.75 Å². The lowest BCUT2D eigenvalue weighted by Crippen LogP contribution is -2.19. The molecule has 0 saturated carbocycles. The fourth-order valence-electron chi connectivity index (χ4n) is 3.54. The van der Waals surface area contributed by atoms with Crippen LogP contribution in [0.1, 0.15) is 62.4 Å². The number of amides is 1. The molecule has 0 fully saturated rings. The highest BCUT2D eigenvalue weighted by molar-refractivity contribution is 6.09. The number of H-pyrrole nitrogens is 1. The summed E-state index contributed by atoms with van der Waals surface area (Å²) in [5.41, 5.74) is 1.48. The smallest absolute Gasteiger partial charge is 0.278 e. The maximum atomic E-state index is 13.0. The molecule has 0 aliphatic carbocycles. The van der Waals surface area contributed by atoms with Crippen molar-refractivity contribution in [1.82, 2.24) is 25.2 Å². The van der Waals surface area contributed by atoms with Gasteiger partial charge in [-0.2, -0.15) is 0 Å². The van der Waals surface area contributed by atoms with Gasteiger partial charge in [0.2, 0.25) is 5.95 Å². The van der Waals surface area contributed by atoms with Gasteiger partial charge in [-0.1, -0.05) is 62.7 Å². The van der Waals surface area contributed by atoms with Gasteiger partial charge in [-0.25, -0.2) is 5.10 Å². The topological polar surface area (TPSA) is 97.7 Å². The van der Waals surface area contributed by atoms with Crippen molar-refractivity contribution in [2.45, 2.75) is 58.4 Å². The van der Waals surface area contributed by atoms with Gasteiger partial charge in [0, 0.05) is 11.9 Å². The van der Waals surface area contributed by atoms with Crippen molar-refractivity contribution in [3.05, 3.63) is 30.0 Å². The van der Waals surface area contributed by atoms with Crippen LogP contribution in [0.3, 0.4) is 0 Å². The first-order valence-electron chi connectivity index (χ1n) is 9.96. The van der Waals surface area contributed by atoms with Crippen LogP contribution in [0.4, 0.5) is 5.95 Å². The van der Waals surface area contributed by atoms with E-state index < -0.39 is 0 Å². The van der Waals surface area contributed by atoms with Crippen molar-refractivity contribution in [2.24, 2.45) is 0 Å². The lowest BCUT2D eigenvalue weighted by atomic mass is 10.1. The zero-order chi connectivity index (χ0) is 19.8. The number of rotatable bonds is 11. The van der Waals surface area contributed by atoms with Crippen molar-refractivity contribution in [2.75, 3.05) is 12.4 Å². The number of carbonyl (C=O) groups is 1. The molecule has 28 heavy (non-hydrogen) atoms. The Hall–Kier alpha value is -2.90. The summed E-state index contributed by atoms with van der Waals surface area (Å²) in [5, 5.41) is 16.9. The van der Waals surface area contributed by atoms with Gasteiger partial charge in [-0.05, 0) is 29.0 Å². The number of tetrazole rings is 1. The number of aromatic amines is 1. The highest BCUT2D eigenvalue weighted by atomic mass is 16.5. The first kappa shape index (κ1) is 19.9. The lowest BCUT2D eigenvalue weighted by Gasteiger charge is -2.11. The van der Waals surface area contributed by atoms with E-state index in [1.54, 1.807) is 7.11 Å². The third-order valence-corrected chi connectivity index (χ3v) is 4.91. The Morgan fingerprint density at radius 3 is 2.61 bits per heavy atom. The number of aryl methyl sites for hydroxylation is 1. The van der Waals surface area contributed by atoms with E-state index in [9.17, 15) is 4.79 Å². The van der Waals surface area contributed by atoms with Crippen molar-refractivity contribution in [3.8, 4) is 5.75 Å². The molecule has 2 heterocycles. The van der Waals surface area contributed by atoms with Crippen LogP contribution in [-0.2, 0) is 6.54 Å². The van der Waals surface area contributed by atoms with Crippen LogP contribution in [0, 0.1) is 0 Å². The third-order valence-electron chi connectivity index (χ3n) is 4.91. The number of anilines is 1. The van der Waals surface area contributed by atoms with E-state index in [1.807, 2.05) is 28.8 Å². The Morgan fingerprint density at radius 2 is 1.89 bits per heavy atom. The minimum absolute atomic E-state index is 0.208. The molecule has 0 unspecified atom stereocenters. The van der Waals surface area contributed by atoms with E-state index in [-0.39, 0.29) is 11.9 Å². The van der Waals surface area contributed by atoms with Crippen molar-refractivity contribution in [3.63, 3.8) is 0 Å². The SMILES string of the molecule is CCCCCCCCCn1c(C(=O)Nc2nnn[nH]2)c(OC)c2ccccc21. The van der Waals surface area contributed by atoms with Gasteiger partial charge in [0.15, 0.2) is 11.4 Å². The number of fused-ring (bicyclic) bond motifs is 1. The Labute approximate surface area is 164 Å². The molecule has 3 rings (SSSR count). The summed E-state index contributed by atoms with van der Waals surface area (Å²) in [4.78, 5) is 13.0. The molecular formula is C20H28N6O2. The minimum Gasteiger partial charge on any atom is -0.494 e. The molecule has 8 nitrogen and oxygen atoms in total. The zero-order valence-electron chi connectivity index (χ0n) is 16.6. The summed E-state index contributed by atoms with van der Waals surface area (Å²) in [7, 11) is 1.59. The quantitative estimate of drug-likeness (QED) is 0.484. The number of aromatic nitrogens is 5. The molecule has 150 valence electrons. The second kappa shape index (κ2) is 9.87. The molecule has 2 N–H and O–H groups in total. The van der Waals surface area contributed by atoms with Gasteiger partial charge < -0.3 is 9.30 Å². The monoisotopic (exact) mass is 384 g/mol. The second-order valence-corrected chi connectivity index (χ2v) is 6.88. The Kier molecular flexibility index (Phi) is 7.00. The van der Waals surface area contributed by atoms with E-state index >= 15 is 0 Å². The Morgan fingerprint density at radius 1 is 1.14 bits per heavy atom. The van der Waals surface area contributed by atoms with Crippen LogP contribution in [0.15, 0.2) is 24.3 Å². The van der Waals surface area contributed by atoms with Crippen LogP contribution < -0.4 is 10.1 Å². The number of nitrogens with zero attached hydrogens (tertiary/aromatic N) is 4. The standard InChI is InChI=1S/C20H28N6O2/c1-3-4-5-6-7-8-11-14-26-16-13-10-9-12-15(16)18(28-2)17(26)19(27)21-20-22-24-25-23-20/h9-10,12-13H,3-8,11,14H2,1-2H3,(H2,21,22,23,24,25,27). The summed E-state index contributed by atoms with van der Waals surface area (Å²) in [6.45, 7) is 2.99. The number of carbonyl (C=O) groups excluding carboxylic acids is 1. The van der Waals surface area contributed by atoms with Gasteiger partial charge in [0.05, 0.1) is 12.6 Å². The number of hydrogen-bond donors (Lipinski definition) is 2. The molecule has 0 aliphatic rings. The van der Waals surface area contributed by atoms with Gasteiger partial charge >= 0.3 is 0 Å². The first-order valence-corrected chi connectivity index (χ1v) is 9.96. The van der Waals surface area contributed by atoms with E-state index in [0.717, 1.165) is 30.3 Å². The summed E-state index contributed by atoms with van der Waals surface area (Å²) >= 11 is 0. The van der Waals surface area contributed by atoms with E-state index in [4.69, 9.17) is 4.74 Å². The van der Waals surface area contributed by atoms with Gasteiger partial charge in [0.1, 0.15) is 0 Å². The van der Waals surface area contributed by atoms with Crippen LogP contribution in [0.2, 0.25) is 0 Å². The minimum atomic E-state index is -0.297. The van der Waals surface area contributed by atoms with Crippen molar-refractivity contribution in [1.29, 1.82) is 0 Å². The number of nitrogens with one attached hydrogen (secondary N) is 2. The van der Waals surface area contributed by atoms with E-state index in [0.29, 0.717) is 11.4 Å². The normalized spacial score (nSPS) is 11.1. The van der Waals surface area contributed by atoms with Crippen LogP contribution >= 0.6 is 0 Å². The van der Waals surface area contributed by atoms with E-state index in [1.165, 1.54) is 32.1 Å². The van der Waals surface area contributed by atoms with Crippen molar-refractivity contribution < 1.29 is 9.53 Å². The molecule has 3 aromatic rings. The number of unbranched alkanes of at least 4 members (excludes halogenated alkanes) is 6. The summed E-state index contributed by atoms with van der Waals surface area (Å²) < 4.78 is 7.65. The lowest BCUT2D eigenvalue weighted by molar-refractivity contribution is 0.101. The van der Waals surface area contributed by atoms with Crippen molar-refractivity contribution >= 4 is 22.8 Å². The van der Waals surface area contributed by atoms with Gasteiger partial charge in [-0.15, -0.1) is 0 Å². The molecule has 0 aliphatic heterocycles. The molecular weight excluding hydrogens is 356 g/mol. The van der Waals surface area contributed by atoms with Gasteiger partial charge in [-0.3, -0.25) is 10.1 Å². The molecule has 2 aromatic heterocycles. The van der Waals surface area contributed by atoms with E-state index in [2.05, 4.69) is 32.9 Å². The number of methoxy groups -OCH3 is 1. The molecule has 1 amide bonds. The molecule has 0 saturated heterocycles. The molecule has 0 spiro atoms.